The molecule has 210 valence electrons. The molecule has 2 N–H and O–H groups in total. The van der Waals surface area contributed by atoms with Crippen molar-refractivity contribution in [1.29, 1.82) is 0 Å². The maximum atomic E-state index is 14.2. The molecular weight excluding hydrogens is 537 g/mol. The van der Waals surface area contributed by atoms with Gasteiger partial charge in [0.15, 0.2) is 5.82 Å². The van der Waals surface area contributed by atoms with E-state index in [1.165, 1.54) is 18.5 Å². The van der Waals surface area contributed by atoms with Crippen LogP contribution >= 0.6 is 11.6 Å². The van der Waals surface area contributed by atoms with E-state index in [9.17, 15) is 9.18 Å². The quantitative estimate of drug-likeness (QED) is 0.373. The Morgan fingerprint density at radius 3 is 2.75 bits per heavy atom. The standard InChI is InChI=1S/C28H31ClFN7O3/c1-4-27(38)34-20-14-21(24(39-3)15-23(20)36-11-9-35(2)10-12-36)33-25-16-26(32-17-31-25)37-22(8-13-40-37)18-6-5-7-19(30)28(18)29/h4-7,14-17,22H,1,8-13H2,2-3H3,(H,34,38)(H,31,32,33)/t22-/m1/s1. The van der Waals surface area contributed by atoms with Gasteiger partial charge in [0, 0.05) is 44.7 Å². The number of rotatable bonds is 8. The number of anilines is 5. The van der Waals surface area contributed by atoms with Crippen LogP contribution < -0.4 is 25.3 Å². The van der Waals surface area contributed by atoms with Crippen LogP contribution in [0.5, 0.6) is 5.75 Å². The number of aromatic nitrogens is 2. The summed E-state index contributed by atoms with van der Waals surface area (Å²) in [6.07, 6.45) is 3.26. The number of hydrogen-bond acceptors (Lipinski definition) is 9. The van der Waals surface area contributed by atoms with Gasteiger partial charge in [0.25, 0.3) is 0 Å². The van der Waals surface area contributed by atoms with Crippen LogP contribution in [-0.4, -0.2) is 67.7 Å². The SMILES string of the molecule is C=CC(=O)Nc1cc(Nc2cc(N3OCC[C@@H]3c3cccc(F)c3Cl)ncn2)c(OC)cc1N1CCN(C)CC1. The van der Waals surface area contributed by atoms with E-state index < -0.39 is 5.82 Å². The molecule has 2 fully saturated rings. The lowest BCUT2D eigenvalue weighted by atomic mass is 10.0. The Hall–Kier alpha value is -3.93. The fraction of sp³-hybridized carbons (Fsp3) is 0.321. The van der Waals surface area contributed by atoms with Gasteiger partial charge in [-0.3, -0.25) is 9.63 Å². The predicted molar refractivity (Wildman–Crippen MR) is 154 cm³/mol. The van der Waals surface area contributed by atoms with Gasteiger partial charge < -0.3 is 25.2 Å². The molecule has 12 heteroatoms. The summed E-state index contributed by atoms with van der Waals surface area (Å²) in [5.74, 6) is 0.726. The first-order valence-electron chi connectivity index (χ1n) is 12.9. The van der Waals surface area contributed by atoms with Gasteiger partial charge in [0.1, 0.15) is 23.7 Å². The molecule has 1 atom stereocenters. The van der Waals surface area contributed by atoms with E-state index in [0.29, 0.717) is 47.4 Å². The molecule has 0 bridgehead atoms. The molecule has 0 spiro atoms. The summed E-state index contributed by atoms with van der Waals surface area (Å²) in [5, 5.41) is 7.89. The topological polar surface area (TPSA) is 95.1 Å². The Morgan fingerprint density at radius 2 is 2.00 bits per heavy atom. The van der Waals surface area contributed by atoms with Crippen molar-refractivity contribution >= 4 is 46.2 Å². The number of hydrogen-bond donors (Lipinski definition) is 2. The zero-order chi connectivity index (χ0) is 28.2. The van der Waals surface area contributed by atoms with E-state index in [1.54, 1.807) is 30.4 Å². The van der Waals surface area contributed by atoms with Crippen molar-refractivity contribution in [1.82, 2.24) is 14.9 Å². The van der Waals surface area contributed by atoms with E-state index in [-0.39, 0.29) is 17.0 Å². The minimum Gasteiger partial charge on any atom is -0.494 e. The average Bonchev–Trinajstić information content (AvgIpc) is 3.45. The minimum absolute atomic E-state index is 0.0645. The van der Waals surface area contributed by atoms with Crippen molar-refractivity contribution in [3.63, 3.8) is 0 Å². The summed E-state index contributed by atoms with van der Waals surface area (Å²) >= 11 is 6.28. The first-order chi connectivity index (χ1) is 19.4. The van der Waals surface area contributed by atoms with Gasteiger partial charge in [-0.15, -0.1) is 0 Å². The summed E-state index contributed by atoms with van der Waals surface area (Å²) in [6, 6.07) is 9.86. The molecule has 2 aliphatic rings. The molecule has 3 heterocycles. The highest BCUT2D eigenvalue weighted by Gasteiger charge is 2.31. The summed E-state index contributed by atoms with van der Waals surface area (Å²) < 4.78 is 19.9. The number of methoxy groups -OCH3 is 1. The molecule has 5 rings (SSSR count). The number of benzene rings is 2. The van der Waals surface area contributed by atoms with E-state index in [0.717, 1.165) is 31.9 Å². The lowest BCUT2D eigenvalue weighted by Crippen LogP contribution is -2.44. The third-order valence-corrected chi connectivity index (χ3v) is 7.39. The Balaban J connectivity index is 1.45. The van der Waals surface area contributed by atoms with Crippen LogP contribution in [-0.2, 0) is 9.63 Å². The molecule has 0 aliphatic carbocycles. The van der Waals surface area contributed by atoms with E-state index in [1.807, 2.05) is 12.1 Å². The molecule has 0 unspecified atom stereocenters. The minimum atomic E-state index is -0.484. The molecule has 2 aromatic carbocycles. The number of likely N-dealkylation sites (N-methyl/N-ethyl adjacent to an activating group) is 1. The largest absolute Gasteiger partial charge is 0.494 e. The Kier molecular flexibility index (Phi) is 8.34. The number of carbonyl (C=O) groups excluding carboxylic acids is 1. The number of halogens is 2. The van der Waals surface area contributed by atoms with E-state index in [4.69, 9.17) is 21.2 Å². The fourth-order valence-corrected chi connectivity index (χ4v) is 5.11. The van der Waals surface area contributed by atoms with E-state index in [2.05, 4.69) is 44.0 Å². The maximum Gasteiger partial charge on any atom is 0.247 e. The Labute approximate surface area is 237 Å². The number of piperazine rings is 1. The number of carbonyl (C=O) groups is 1. The van der Waals surface area contributed by atoms with Gasteiger partial charge in [0.05, 0.1) is 41.8 Å². The first-order valence-corrected chi connectivity index (χ1v) is 13.3. The Bertz CT molecular complexity index is 1400. The average molecular weight is 568 g/mol. The molecule has 3 aromatic rings. The summed E-state index contributed by atoms with van der Waals surface area (Å²) in [6.45, 7) is 7.44. The summed E-state index contributed by atoms with van der Waals surface area (Å²) in [5.41, 5.74) is 2.69. The Morgan fingerprint density at radius 1 is 1.20 bits per heavy atom. The van der Waals surface area contributed by atoms with Gasteiger partial charge in [-0.2, -0.15) is 0 Å². The maximum absolute atomic E-state index is 14.2. The molecule has 10 nitrogen and oxygen atoms in total. The van der Waals surface area contributed by atoms with Crippen molar-refractivity contribution < 1.29 is 18.8 Å². The van der Waals surface area contributed by atoms with Gasteiger partial charge in [-0.25, -0.2) is 19.4 Å². The second-order valence-electron chi connectivity index (χ2n) is 9.55. The third kappa shape index (κ3) is 5.81. The molecule has 1 aromatic heterocycles. The highest BCUT2D eigenvalue weighted by molar-refractivity contribution is 6.31. The van der Waals surface area contributed by atoms with Crippen LogP contribution in [0.1, 0.15) is 18.0 Å². The van der Waals surface area contributed by atoms with Crippen LogP contribution in [0.15, 0.2) is 55.4 Å². The van der Waals surface area contributed by atoms with Crippen LogP contribution in [0.4, 0.5) is 33.1 Å². The van der Waals surface area contributed by atoms with Crippen LogP contribution in [0, 0.1) is 5.82 Å². The normalized spacial score (nSPS) is 17.6. The summed E-state index contributed by atoms with van der Waals surface area (Å²) in [7, 11) is 3.68. The zero-order valence-corrected chi connectivity index (χ0v) is 23.1. The predicted octanol–water partition coefficient (Wildman–Crippen LogP) is 4.78. The van der Waals surface area contributed by atoms with Gasteiger partial charge in [-0.05, 0) is 30.8 Å². The van der Waals surface area contributed by atoms with Crippen molar-refractivity contribution in [3.05, 3.63) is 71.8 Å². The lowest BCUT2D eigenvalue weighted by Gasteiger charge is -2.35. The second-order valence-corrected chi connectivity index (χ2v) is 9.92. The first kappa shape index (κ1) is 27.6. The number of amides is 1. The molecule has 0 saturated carbocycles. The zero-order valence-electron chi connectivity index (χ0n) is 22.4. The van der Waals surface area contributed by atoms with Crippen molar-refractivity contribution in [3.8, 4) is 5.75 Å². The van der Waals surface area contributed by atoms with Crippen LogP contribution in [0.3, 0.4) is 0 Å². The molecular formula is C28H31ClFN7O3. The molecule has 2 aliphatic heterocycles. The molecule has 40 heavy (non-hydrogen) atoms. The molecule has 0 radical (unpaired) electrons. The highest BCUT2D eigenvalue weighted by Crippen LogP contribution is 2.41. The monoisotopic (exact) mass is 567 g/mol. The van der Waals surface area contributed by atoms with Gasteiger partial charge in [0.2, 0.25) is 5.91 Å². The van der Waals surface area contributed by atoms with Crippen molar-refractivity contribution in [2.24, 2.45) is 0 Å². The second kappa shape index (κ2) is 12.1. The molecule has 2 saturated heterocycles. The number of nitrogens with one attached hydrogen (secondary N) is 2. The van der Waals surface area contributed by atoms with Gasteiger partial charge >= 0.3 is 0 Å². The lowest BCUT2D eigenvalue weighted by molar-refractivity contribution is -0.111. The van der Waals surface area contributed by atoms with Crippen LogP contribution in [0.2, 0.25) is 5.02 Å². The van der Waals surface area contributed by atoms with Crippen LogP contribution in [0.25, 0.3) is 0 Å². The highest BCUT2D eigenvalue weighted by atomic mass is 35.5. The van der Waals surface area contributed by atoms with Crippen molar-refractivity contribution in [2.75, 3.05) is 67.5 Å². The molecule has 1 amide bonds. The fourth-order valence-electron chi connectivity index (χ4n) is 4.86. The van der Waals surface area contributed by atoms with Crippen molar-refractivity contribution in [2.45, 2.75) is 12.5 Å². The summed E-state index contributed by atoms with van der Waals surface area (Å²) in [4.78, 5) is 31.4. The van der Waals surface area contributed by atoms with E-state index >= 15 is 0 Å². The number of nitrogens with zero attached hydrogens (tertiary/aromatic N) is 5. The third-order valence-electron chi connectivity index (χ3n) is 6.99. The number of ether oxygens (including phenoxy) is 1. The van der Waals surface area contributed by atoms with Gasteiger partial charge in [-0.1, -0.05) is 30.3 Å². The smallest absolute Gasteiger partial charge is 0.247 e. The number of hydroxylamine groups is 1.